The van der Waals surface area contributed by atoms with Crippen LogP contribution in [0.1, 0.15) is 30.1 Å². The lowest BCUT2D eigenvalue weighted by atomic mass is 10.1. The fourth-order valence-corrected chi connectivity index (χ4v) is 3.55. The van der Waals surface area contributed by atoms with E-state index in [4.69, 9.17) is 32.8 Å². The first kappa shape index (κ1) is 23.8. The van der Waals surface area contributed by atoms with E-state index in [9.17, 15) is 14.4 Å². The van der Waals surface area contributed by atoms with Gasteiger partial charge < -0.3 is 15.4 Å². The minimum absolute atomic E-state index is 0.0197. The Kier molecular flexibility index (Phi) is 9.51. The van der Waals surface area contributed by atoms with Gasteiger partial charge in [-0.2, -0.15) is 17.2 Å². The molecular formula is C18H23Cl2N3O5S. The summed E-state index contributed by atoms with van der Waals surface area (Å²) in [5.41, 5.74) is 2.87. The number of hydrogen-bond donors (Lipinski definition) is 3. The number of nitrogens with one attached hydrogen (secondary N) is 3. The highest BCUT2D eigenvalue weighted by Crippen LogP contribution is 2.21. The van der Waals surface area contributed by atoms with Crippen LogP contribution >= 0.6 is 35.0 Å². The monoisotopic (exact) mass is 463 g/mol. The lowest BCUT2D eigenvalue weighted by molar-refractivity contribution is -0.150. The van der Waals surface area contributed by atoms with Gasteiger partial charge in [0.25, 0.3) is 11.8 Å². The van der Waals surface area contributed by atoms with Crippen LogP contribution in [0.4, 0.5) is 0 Å². The van der Waals surface area contributed by atoms with Crippen LogP contribution in [0.2, 0.25) is 10.0 Å². The fraction of sp³-hybridized carbons (Fsp3) is 0.500. The summed E-state index contributed by atoms with van der Waals surface area (Å²) >= 11 is 13.4. The summed E-state index contributed by atoms with van der Waals surface area (Å²) < 4.78 is 5.09. The first-order chi connectivity index (χ1) is 13.8. The molecule has 3 atom stereocenters. The quantitative estimate of drug-likeness (QED) is 0.481. The Bertz CT molecular complexity index is 752. The van der Waals surface area contributed by atoms with Crippen molar-refractivity contribution in [2.24, 2.45) is 0 Å². The molecule has 29 heavy (non-hydrogen) atoms. The van der Waals surface area contributed by atoms with Gasteiger partial charge in [-0.15, -0.1) is 0 Å². The van der Waals surface area contributed by atoms with Crippen molar-refractivity contribution < 1.29 is 24.0 Å². The Morgan fingerprint density at radius 2 is 2.14 bits per heavy atom. The number of carbonyl (C=O) groups excluding carboxylic acids is 3. The third-order valence-corrected chi connectivity index (χ3v) is 5.23. The average molecular weight is 464 g/mol. The maximum absolute atomic E-state index is 12.5. The molecule has 0 spiro atoms. The van der Waals surface area contributed by atoms with E-state index in [1.807, 2.05) is 13.2 Å². The van der Waals surface area contributed by atoms with Crippen LogP contribution in [0.15, 0.2) is 18.2 Å². The van der Waals surface area contributed by atoms with E-state index in [0.717, 1.165) is 0 Å². The molecular weight excluding hydrogens is 441 g/mol. The standard InChI is InChI=1S/C18H23Cl2N3O5S/c1-10-7-15(23-28-10)22-16(24)9-27-18(26)14(5-6-29-2)21-17(25)12-4-3-11(19)8-13(12)20/h3-4,8,10,14-15,23H,5-7,9H2,1-2H3,(H,21,25)(H,22,24). The predicted octanol–water partition coefficient (Wildman–Crippen LogP) is 2.14. The summed E-state index contributed by atoms with van der Waals surface area (Å²) in [7, 11) is 0. The molecule has 1 aliphatic heterocycles. The van der Waals surface area contributed by atoms with Crippen LogP contribution in [-0.4, -0.2) is 54.7 Å². The average Bonchev–Trinajstić information content (AvgIpc) is 3.07. The van der Waals surface area contributed by atoms with Gasteiger partial charge in [-0.05, 0) is 43.6 Å². The molecule has 1 aromatic carbocycles. The van der Waals surface area contributed by atoms with Crippen LogP contribution in [0.5, 0.6) is 0 Å². The van der Waals surface area contributed by atoms with Gasteiger partial charge in [0.05, 0.1) is 16.7 Å². The largest absolute Gasteiger partial charge is 0.454 e. The van der Waals surface area contributed by atoms with E-state index in [-0.39, 0.29) is 22.9 Å². The number of benzene rings is 1. The topological polar surface area (TPSA) is 106 Å². The molecule has 0 bridgehead atoms. The highest BCUT2D eigenvalue weighted by atomic mass is 35.5. The molecule has 1 aliphatic rings. The minimum atomic E-state index is -0.914. The Morgan fingerprint density at radius 1 is 1.38 bits per heavy atom. The number of amides is 2. The van der Waals surface area contributed by atoms with Gasteiger partial charge in [0.2, 0.25) is 0 Å². The van der Waals surface area contributed by atoms with Crippen LogP contribution < -0.4 is 16.1 Å². The van der Waals surface area contributed by atoms with Crippen molar-refractivity contribution in [3.05, 3.63) is 33.8 Å². The summed E-state index contributed by atoms with van der Waals surface area (Å²) in [4.78, 5) is 42.0. The van der Waals surface area contributed by atoms with Crippen molar-refractivity contribution in [3.8, 4) is 0 Å². The van der Waals surface area contributed by atoms with E-state index >= 15 is 0 Å². The minimum Gasteiger partial charge on any atom is -0.454 e. The van der Waals surface area contributed by atoms with Crippen LogP contribution in [0.3, 0.4) is 0 Å². The second kappa shape index (κ2) is 11.6. The van der Waals surface area contributed by atoms with E-state index < -0.39 is 30.4 Å². The summed E-state index contributed by atoms with van der Waals surface area (Å²) in [6.45, 7) is 1.41. The van der Waals surface area contributed by atoms with Crippen LogP contribution in [0, 0.1) is 0 Å². The lowest BCUT2D eigenvalue weighted by Crippen LogP contribution is -2.45. The summed E-state index contributed by atoms with van der Waals surface area (Å²) in [5.74, 6) is -1.08. The highest BCUT2D eigenvalue weighted by molar-refractivity contribution is 7.98. The number of rotatable bonds is 9. The van der Waals surface area contributed by atoms with E-state index in [2.05, 4.69) is 16.1 Å². The number of hydrogen-bond acceptors (Lipinski definition) is 7. The molecule has 1 saturated heterocycles. The zero-order valence-electron chi connectivity index (χ0n) is 16.0. The van der Waals surface area contributed by atoms with Gasteiger partial charge in [-0.25, -0.2) is 4.79 Å². The zero-order chi connectivity index (χ0) is 21.4. The Balaban J connectivity index is 1.91. The number of ether oxygens (including phenoxy) is 1. The van der Waals surface area contributed by atoms with Gasteiger partial charge in [-0.3, -0.25) is 14.4 Å². The lowest BCUT2D eigenvalue weighted by Gasteiger charge is -2.18. The highest BCUT2D eigenvalue weighted by Gasteiger charge is 2.26. The first-order valence-corrected chi connectivity index (χ1v) is 11.1. The molecule has 8 nitrogen and oxygen atoms in total. The molecule has 3 N–H and O–H groups in total. The predicted molar refractivity (Wildman–Crippen MR) is 112 cm³/mol. The Labute approximate surface area is 183 Å². The molecule has 0 aromatic heterocycles. The smallest absolute Gasteiger partial charge is 0.329 e. The van der Waals surface area contributed by atoms with Gasteiger partial charge in [0.1, 0.15) is 12.2 Å². The molecule has 0 saturated carbocycles. The van der Waals surface area contributed by atoms with Crippen molar-refractivity contribution in [2.75, 3.05) is 18.6 Å². The van der Waals surface area contributed by atoms with Gasteiger partial charge in [0.15, 0.2) is 6.61 Å². The molecule has 1 fully saturated rings. The van der Waals surface area contributed by atoms with Gasteiger partial charge >= 0.3 is 5.97 Å². The summed E-state index contributed by atoms with van der Waals surface area (Å²) in [5, 5.41) is 5.83. The van der Waals surface area contributed by atoms with E-state index in [1.54, 1.807) is 0 Å². The molecule has 0 radical (unpaired) electrons. The van der Waals surface area contributed by atoms with Gasteiger partial charge in [0, 0.05) is 11.4 Å². The zero-order valence-corrected chi connectivity index (χ0v) is 18.3. The second-order valence-electron chi connectivity index (χ2n) is 6.44. The molecule has 160 valence electrons. The maximum Gasteiger partial charge on any atom is 0.329 e. The molecule has 11 heteroatoms. The Hall–Kier alpha value is -1.52. The first-order valence-electron chi connectivity index (χ1n) is 8.92. The number of carbonyl (C=O) groups is 3. The number of esters is 1. The van der Waals surface area contributed by atoms with Crippen molar-refractivity contribution >= 4 is 52.7 Å². The molecule has 0 aliphatic carbocycles. The van der Waals surface area contributed by atoms with Crippen molar-refractivity contribution in [1.29, 1.82) is 0 Å². The SMILES string of the molecule is CSCCC(NC(=O)c1ccc(Cl)cc1Cl)C(=O)OCC(=O)NC1CC(C)ON1. The van der Waals surface area contributed by atoms with Crippen LogP contribution in [0.25, 0.3) is 0 Å². The normalized spacial score (nSPS) is 19.4. The van der Waals surface area contributed by atoms with Crippen LogP contribution in [-0.2, 0) is 19.2 Å². The van der Waals surface area contributed by atoms with E-state index in [1.165, 1.54) is 30.0 Å². The van der Waals surface area contributed by atoms with E-state index in [0.29, 0.717) is 23.6 Å². The Morgan fingerprint density at radius 3 is 2.76 bits per heavy atom. The second-order valence-corrected chi connectivity index (χ2v) is 8.27. The number of thioether (sulfide) groups is 1. The van der Waals surface area contributed by atoms with Crippen molar-refractivity contribution in [1.82, 2.24) is 16.1 Å². The maximum atomic E-state index is 12.5. The number of halogens is 2. The number of hydroxylamine groups is 1. The van der Waals surface area contributed by atoms with Crippen molar-refractivity contribution in [3.63, 3.8) is 0 Å². The molecule has 1 aromatic rings. The summed E-state index contributed by atoms with van der Waals surface area (Å²) in [6, 6.07) is 3.53. The molecule has 3 unspecified atom stereocenters. The molecule has 2 rings (SSSR count). The fourth-order valence-electron chi connectivity index (χ4n) is 2.58. The van der Waals surface area contributed by atoms with Gasteiger partial charge in [-0.1, -0.05) is 23.2 Å². The van der Waals surface area contributed by atoms with Crippen molar-refractivity contribution in [2.45, 2.75) is 38.1 Å². The third kappa shape index (κ3) is 7.67. The third-order valence-electron chi connectivity index (χ3n) is 4.04. The summed E-state index contributed by atoms with van der Waals surface area (Å²) in [6.07, 6.45) is 2.47. The molecule has 2 amide bonds. The molecule has 1 heterocycles.